The summed E-state index contributed by atoms with van der Waals surface area (Å²) in [5.74, 6) is 1.47. The maximum absolute atomic E-state index is 5.91. The molecule has 0 aromatic rings. The molecule has 1 fully saturated rings. The number of hydrogen-bond donors (Lipinski definition) is 1. The summed E-state index contributed by atoms with van der Waals surface area (Å²) in [7, 11) is 0. The molecule has 0 spiro atoms. The number of likely N-dealkylation sites (tertiary alicyclic amines) is 1. The first-order valence-corrected chi connectivity index (χ1v) is 6.28. The Bertz CT molecular complexity index is 193. The lowest BCUT2D eigenvalue weighted by Crippen LogP contribution is -2.36. The Morgan fingerprint density at radius 2 is 1.93 bits per heavy atom. The van der Waals surface area contributed by atoms with Gasteiger partial charge >= 0.3 is 0 Å². The summed E-state index contributed by atoms with van der Waals surface area (Å²) >= 11 is 0. The van der Waals surface area contributed by atoms with Crippen LogP contribution in [0.1, 0.15) is 41.0 Å². The summed E-state index contributed by atoms with van der Waals surface area (Å²) < 4.78 is 0. The van der Waals surface area contributed by atoms with E-state index in [4.69, 9.17) is 5.73 Å². The first kappa shape index (κ1) is 13.0. The minimum absolute atomic E-state index is 0.318. The van der Waals surface area contributed by atoms with Crippen molar-refractivity contribution in [3.05, 3.63) is 0 Å². The van der Waals surface area contributed by atoms with Crippen molar-refractivity contribution in [2.45, 2.75) is 47.1 Å². The van der Waals surface area contributed by atoms with Gasteiger partial charge in [-0.1, -0.05) is 27.7 Å². The van der Waals surface area contributed by atoms with Crippen molar-refractivity contribution in [2.24, 2.45) is 23.0 Å². The molecule has 0 radical (unpaired) electrons. The van der Waals surface area contributed by atoms with Gasteiger partial charge in [0, 0.05) is 19.1 Å². The number of nitrogens with two attached hydrogens (primary N) is 1. The van der Waals surface area contributed by atoms with Gasteiger partial charge in [0.05, 0.1) is 0 Å². The van der Waals surface area contributed by atoms with Gasteiger partial charge in [-0.05, 0) is 37.1 Å². The first-order valence-electron chi connectivity index (χ1n) is 6.28. The van der Waals surface area contributed by atoms with Crippen molar-refractivity contribution in [3.8, 4) is 0 Å². The first-order chi connectivity index (χ1) is 6.80. The predicted octanol–water partition coefficient (Wildman–Crippen LogP) is 2.34. The monoisotopic (exact) mass is 212 g/mol. The third-order valence-electron chi connectivity index (χ3n) is 3.94. The maximum atomic E-state index is 5.91. The Morgan fingerprint density at radius 3 is 2.33 bits per heavy atom. The SMILES string of the molecule is CC(N)C(C)CN1CCC(C(C)(C)C)C1. The van der Waals surface area contributed by atoms with Gasteiger partial charge in [0.1, 0.15) is 0 Å². The van der Waals surface area contributed by atoms with Crippen LogP contribution in [0, 0.1) is 17.3 Å². The van der Waals surface area contributed by atoms with Crippen molar-refractivity contribution >= 4 is 0 Å². The molecule has 90 valence electrons. The molecule has 1 heterocycles. The minimum Gasteiger partial charge on any atom is -0.328 e. The van der Waals surface area contributed by atoms with E-state index in [1.165, 1.54) is 26.1 Å². The van der Waals surface area contributed by atoms with Gasteiger partial charge in [-0.25, -0.2) is 0 Å². The van der Waals surface area contributed by atoms with Crippen LogP contribution in [0.15, 0.2) is 0 Å². The average molecular weight is 212 g/mol. The Balaban J connectivity index is 2.37. The fourth-order valence-electron chi connectivity index (χ4n) is 2.28. The van der Waals surface area contributed by atoms with Crippen LogP contribution in [0.25, 0.3) is 0 Å². The standard InChI is InChI=1S/C13H28N2/c1-10(11(2)14)8-15-7-6-12(9-15)13(3,4)5/h10-12H,6-9,14H2,1-5H3. The molecule has 1 rings (SSSR count). The highest BCUT2D eigenvalue weighted by atomic mass is 15.1. The fraction of sp³-hybridized carbons (Fsp3) is 1.00. The Labute approximate surface area is 95.2 Å². The molecule has 1 aliphatic rings. The zero-order valence-corrected chi connectivity index (χ0v) is 11.1. The summed E-state index contributed by atoms with van der Waals surface area (Å²) in [6.45, 7) is 15.1. The van der Waals surface area contributed by atoms with Crippen LogP contribution in [-0.4, -0.2) is 30.6 Å². The van der Waals surface area contributed by atoms with Crippen molar-refractivity contribution in [1.82, 2.24) is 4.90 Å². The fourth-order valence-corrected chi connectivity index (χ4v) is 2.28. The quantitative estimate of drug-likeness (QED) is 0.778. The van der Waals surface area contributed by atoms with E-state index in [2.05, 4.69) is 39.5 Å². The molecule has 0 aliphatic carbocycles. The zero-order valence-electron chi connectivity index (χ0n) is 11.1. The van der Waals surface area contributed by atoms with Gasteiger partial charge in [-0.3, -0.25) is 0 Å². The van der Waals surface area contributed by atoms with Gasteiger partial charge in [0.25, 0.3) is 0 Å². The van der Waals surface area contributed by atoms with Crippen molar-refractivity contribution in [1.29, 1.82) is 0 Å². The largest absolute Gasteiger partial charge is 0.328 e. The van der Waals surface area contributed by atoms with Gasteiger partial charge in [-0.15, -0.1) is 0 Å². The van der Waals surface area contributed by atoms with Crippen LogP contribution in [0.2, 0.25) is 0 Å². The summed E-state index contributed by atoms with van der Waals surface area (Å²) in [5.41, 5.74) is 6.37. The third kappa shape index (κ3) is 3.76. The molecule has 0 bridgehead atoms. The second kappa shape index (κ2) is 4.84. The van der Waals surface area contributed by atoms with E-state index < -0.39 is 0 Å². The van der Waals surface area contributed by atoms with Crippen LogP contribution < -0.4 is 5.73 Å². The minimum atomic E-state index is 0.318. The topological polar surface area (TPSA) is 29.3 Å². The molecule has 1 saturated heterocycles. The Morgan fingerprint density at radius 1 is 1.33 bits per heavy atom. The van der Waals surface area contributed by atoms with Crippen LogP contribution in [0.5, 0.6) is 0 Å². The molecular weight excluding hydrogens is 184 g/mol. The van der Waals surface area contributed by atoms with E-state index in [-0.39, 0.29) is 0 Å². The predicted molar refractivity (Wildman–Crippen MR) is 66.8 cm³/mol. The van der Waals surface area contributed by atoms with E-state index in [0.29, 0.717) is 17.4 Å². The molecule has 1 aliphatic heterocycles. The molecule has 15 heavy (non-hydrogen) atoms. The average Bonchev–Trinajstić information content (AvgIpc) is 2.51. The van der Waals surface area contributed by atoms with E-state index in [1.54, 1.807) is 0 Å². The van der Waals surface area contributed by atoms with Crippen LogP contribution in [-0.2, 0) is 0 Å². The second-order valence-corrected chi connectivity index (χ2v) is 6.45. The van der Waals surface area contributed by atoms with Crippen LogP contribution in [0.4, 0.5) is 0 Å². The zero-order chi connectivity index (χ0) is 11.6. The highest BCUT2D eigenvalue weighted by Crippen LogP contribution is 2.33. The van der Waals surface area contributed by atoms with Crippen LogP contribution in [0.3, 0.4) is 0 Å². The van der Waals surface area contributed by atoms with Crippen molar-refractivity contribution in [2.75, 3.05) is 19.6 Å². The molecule has 3 unspecified atom stereocenters. The second-order valence-electron chi connectivity index (χ2n) is 6.45. The Hall–Kier alpha value is -0.0800. The van der Waals surface area contributed by atoms with Gasteiger partial charge in [0.15, 0.2) is 0 Å². The van der Waals surface area contributed by atoms with Gasteiger partial charge < -0.3 is 10.6 Å². The lowest BCUT2D eigenvalue weighted by molar-refractivity contribution is 0.212. The molecule has 2 heteroatoms. The number of rotatable bonds is 3. The van der Waals surface area contributed by atoms with Crippen LogP contribution >= 0.6 is 0 Å². The van der Waals surface area contributed by atoms with Gasteiger partial charge in [0.2, 0.25) is 0 Å². The summed E-state index contributed by atoms with van der Waals surface area (Å²) in [6.07, 6.45) is 1.36. The van der Waals surface area contributed by atoms with Crippen molar-refractivity contribution in [3.63, 3.8) is 0 Å². The highest BCUT2D eigenvalue weighted by Gasteiger charge is 2.32. The smallest absolute Gasteiger partial charge is 0.00483 e. The molecule has 2 nitrogen and oxygen atoms in total. The molecule has 0 aromatic carbocycles. The molecule has 0 saturated carbocycles. The number of nitrogens with zero attached hydrogens (tertiary/aromatic N) is 1. The lowest BCUT2D eigenvalue weighted by Gasteiger charge is -2.28. The van der Waals surface area contributed by atoms with Gasteiger partial charge in [-0.2, -0.15) is 0 Å². The molecule has 0 amide bonds. The van der Waals surface area contributed by atoms with Crippen molar-refractivity contribution < 1.29 is 0 Å². The normalized spacial score (nSPS) is 28.0. The maximum Gasteiger partial charge on any atom is 0.00483 e. The molecule has 0 aromatic heterocycles. The third-order valence-corrected chi connectivity index (χ3v) is 3.94. The van der Waals surface area contributed by atoms with E-state index in [9.17, 15) is 0 Å². The summed E-state index contributed by atoms with van der Waals surface area (Å²) in [6, 6.07) is 0.318. The molecule has 2 N–H and O–H groups in total. The Kier molecular flexibility index (Phi) is 4.19. The van der Waals surface area contributed by atoms with E-state index in [0.717, 1.165) is 5.92 Å². The molecular formula is C13H28N2. The number of hydrogen-bond acceptors (Lipinski definition) is 2. The summed E-state index contributed by atoms with van der Waals surface area (Å²) in [4.78, 5) is 2.59. The molecule has 3 atom stereocenters. The highest BCUT2D eigenvalue weighted by molar-refractivity contribution is 4.85. The summed E-state index contributed by atoms with van der Waals surface area (Å²) in [5, 5.41) is 0. The van der Waals surface area contributed by atoms with E-state index >= 15 is 0 Å². The van der Waals surface area contributed by atoms with E-state index in [1.807, 2.05) is 0 Å². The lowest BCUT2D eigenvalue weighted by atomic mass is 9.80.